The van der Waals surface area contributed by atoms with Crippen LogP contribution < -0.4 is 14.8 Å². The van der Waals surface area contributed by atoms with Crippen LogP contribution in [0.3, 0.4) is 0 Å². The number of rotatable bonds is 7. The number of amidine groups is 1. The van der Waals surface area contributed by atoms with Gasteiger partial charge >= 0.3 is 0 Å². The molecule has 1 aliphatic heterocycles. The number of hydrogen-bond acceptors (Lipinski definition) is 7. The minimum atomic E-state index is -0.448. The molecular formula is C25H20ClN3O5S. The Balaban J connectivity index is 1.46. The maximum Gasteiger partial charge on any atom is 0.269 e. The second-order valence-corrected chi connectivity index (χ2v) is 8.98. The summed E-state index contributed by atoms with van der Waals surface area (Å²) >= 11 is 7.39. The number of carbonyl (C=O) groups is 1. The van der Waals surface area contributed by atoms with Crippen LogP contribution in [0, 0.1) is 17.0 Å². The Hall–Kier alpha value is -3.82. The number of carbonyl (C=O) groups excluding carboxylic acids is 1. The molecule has 0 saturated carbocycles. The molecule has 8 nitrogen and oxygen atoms in total. The van der Waals surface area contributed by atoms with Gasteiger partial charge < -0.3 is 14.8 Å². The van der Waals surface area contributed by atoms with Crippen molar-refractivity contribution in [2.75, 3.05) is 7.11 Å². The van der Waals surface area contributed by atoms with Crippen LogP contribution in [0.4, 0.5) is 11.4 Å². The molecule has 10 heteroatoms. The van der Waals surface area contributed by atoms with E-state index in [1.807, 2.05) is 25.1 Å². The molecule has 1 saturated heterocycles. The van der Waals surface area contributed by atoms with Gasteiger partial charge in [-0.3, -0.25) is 14.9 Å². The van der Waals surface area contributed by atoms with Gasteiger partial charge in [0.2, 0.25) is 0 Å². The minimum Gasteiger partial charge on any atom is -0.493 e. The first kappa shape index (κ1) is 24.3. The number of benzene rings is 3. The molecule has 0 radical (unpaired) electrons. The molecule has 35 heavy (non-hydrogen) atoms. The van der Waals surface area contributed by atoms with Crippen molar-refractivity contribution in [3.05, 3.63) is 97.4 Å². The highest BCUT2D eigenvalue weighted by Crippen LogP contribution is 2.33. The summed E-state index contributed by atoms with van der Waals surface area (Å²) < 4.78 is 11.3. The van der Waals surface area contributed by atoms with E-state index in [0.717, 1.165) is 16.7 Å². The van der Waals surface area contributed by atoms with E-state index in [-0.39, 0.29) is 18.2 Å². The third kappa shape index (κ3) is 6.00. The number of nitro groups is 1. The molecule has 0 unspecified atom stereocenters. The Morgan fingerprint density at radius 2 is 1.89 bits per heavy atom. The Morgan fingerprint density at radius 1 is 1.11 bits per heavy atom. The molecule has 0 aromatic heterocycles. The zero-order valence-corrected chi connectivity index (χ0v) is 20.4. The van der Waals surface area contributed by atoms with Gasteiger partial charge in [0.1, 0.15) is 6.61 Å². The van der Waals surface area contributed by atoms with Crippen molar-refractivity contribution in [1.82, 2.24) is 5.32 Å². The Morgan fingerprint density at radius 3 is 2.57 bits per heavy atom. The molecule has 0 aliphatic carbocycles. The normalized spacial score (nSPS) is 15.3. The molecule has 1 aliphatic rings. The molecule has 0 atom stereocenters. The number of nitro benzene ring substituents is 1. The first-order valence-electron chi connectivity index (χ1n) is 10.4. The van der Waals surface area contributed by atoms with Gasteiger partial charge in [-0.15, -0.1) is 0 Å². The summed E-state index contributed by atoms with van der Waals surface area (Å²) in [5.41, 5.74) is 3.16. The molecular weight excluding hydrogens is 490 g/mol. The van der Waals surface area contributed by atoms with Crippen LogP contribution in [-0.2, 0) is 11.4 Å². The lowest BCUT2D eigenvalue weighted by Gasteiger charge is -2.11. The minimum absolute atomic E-state index is 0.0217. The third-order valence-electron chi connectivity index (χ3n) is 5.06. The van der Waals surface area contributed by atoms with Crippen molar-refractivity contribution >= 4 is 51.9 Å². The monoisotopic (exact) mass is 509 g/mol. The number of ether oxygens (including phenoxy) is 2. The fraction of sp³-hybridized carbons (Fsp3) is 0.120. The number of amides is 1. The number of nitrogens with zero attached hydrogens (tertiary/aromatic N) is 2. The van der Waals surface area contributed by atoms with Crippen LogP contribution in [0.1, 0.15) is 16.7 Å². The first-order chi connectivity index (χ1) is 16.8. The summed E-state index contributed by atoms with van der Waals surface area (Å²) in [5.74, 6) is 0.757. The van der Waals surface area contributed by atoms with Crippen molar-refractivity contribution < 1.29 is 19.2 Å². The second kappa shape index (κ2) is 10.6. The molecule has 3 aromatic carbocycles. The van der Waals surface area contributed by atoms with Gasteiger partial charge in [-0.25, -0.2) is 4.99 Å². The summed E-state index contributed by atoms with van der Waals surface area (Å²) in [6.07, 6.45) is 1.74. The number of non-ortho nitro benzene ring substituents is 1. The molecule has 1 heterocycles. The highest BCUT2D eigenvalue weighted by molar-refractivity contribution is 8.18. The second-order valence-electron chi connectivity index (χ2n) is 7.54. The molecule has 178 valence electrons. The number of halogens is 1. The van der Waals surface area contributed by atoms with Crippen molar-refractivity contribution in [2.45, 2.75) is 13.5 Å². The highest BCUT2D eigenvalue weighted by Gasteiger charge is 2.24. The molecule has 3 aromatic rings. The number of aryl methyl sites for hydroxylation is 1. The summed E-state index contributed by atoms with van der Waals surface area (Å²) in [4.78, 5) is 27.7. The van der Waals surface area contributed by atoms with Crippen LogP contribution in [0.25, 0.3) is 6.08 Å². The van der Waals surface area contributed by atoms with E-state index in [1.54, 1.807) is 36.4 Å². The van der Waals surface area contributed by atoms with Gasteiger partial charge in [0.25, 0.3) is 11.6 Å². The smallest absolute Gasteiger partial charge is 0.269 e. The zero-order valence-electron chi connectivity index (χ0n) is 18.8. The third-order valence-corrected chi connectivity index (χ3v) is 6.38. The van der Waals surface area contributed by atoms with Crippen LogP contribution in [0.15, 0.2) is 70.6 Å². The summed E-state index contributed by atoms with van der Waals surface area (Å²) in [6, 6.07) is 16.9. The largest absolute Gasteiger partial charge is 0.493 e. The van der Waals surface area contributed by atoms with E-state index in [2.05, 4.69) is 10.3 Å². The van der Waals surface area contributed by atoms with Gasteiger partial charge in [-0.05, 0) is 77.9 Å². The number of hydrogen-bond donors (Lipinski definition) is 1. The first-order valence-corrected chi connectivity index (χ1v) is 11.6. The summed E-state index contributed by atoms with van der Waals surface area (Å²) in [7, 11) is 1.53. The number of aliphatic imine (C=N–C) groups is 1. The molecule has 1 amide bonds. The van der Waals surface area contributed by atoms with Crippen LogP contribution in [0.5, 0.6) is 11.5 Å². The Labute approximate surface area is 210 Å². The van der Waals surface area contributed by atoms with E-state index in [1.165, 1.54) is 31.0 Å². The molecule has 0 spiro atoms. The predicted molar refractivity (Wildman–Crippen MR) is 137 cm³/mol. The van der Waals surface area contributed by atoms with Crippen molar-refractivity contribution in [1.29, 1.82) is 0 Å². The van der Waals surface area contributed by atoms with Crippen LogP contribution in [0.2, 0.25) is 5.02 Å². The fourth-order valence-corrected chi connectivity index (χ4v) is 4.19. The number of thioether (sulfide) groups is 1. The van der Waals surface area contributed by atoms with Crippen LogP contribution >= 0.6 is 23.4 Å². The lowest BCUT2D eigenvalue weighted by atomic mass is 10.2. The Bertz CT molecular complexity index is 1360. The van der Waals surface area contributed by atoms with E-state index in [4.69, 9.17) is 21.1 Å². The predicted octanol–water partition coefficient (Wildman–Crippen LogP) is 6.04. The van der Waals surface area contributed by atoms with Crippen LogP contribution in [-0.4, -0.2) is 23.1 Å². The van der Waals surface area contributed by atoms with Crippen molar-refractivity contribution in [2.24, 2.45) is 4.99 Å². The molecule has 4 rings (SSSR count). The van der Waals surface area contributed by atoms with Gasteiger partial charge in [0.15, 0.2) is 16.7 Å². The fourth-order valence-electron chi connectivity index (χ4n) is 3.17. The lowest BCUT2D eigenvalue weighted by molar-refractivity contribution is -0.384. The molecule has 0 bridgehead atoms. The maximum atomic E-state index is 12.4. The van der Waals surface area contributed by atoms with Crippen molar-refractivity contribution in [3.8, 4) is 11.5 Å². The Kier molecular flexibility index (Phi) is 7.38. The lowest BCUT2D eigenvalue weighted by Crippen LogP contribution is -2.19. The molecule has 1 fully saturated rings. The number of nitrogens with one attached hydrogen (secondary N) is 1. The highest BCUT2D eigenvalue weighted by atomic mass is 35.5. The van der Waals surface area contributed by atoms with E-state index in [9.17, 15) is 14.9 Å². The number of methoxy groups -OCH3 is 1. The average Bonchev–Trinajstić information content (AvgIpc) is 3.18. The summed E-state index contributed by atoms with van der Waals surface area (Å²) in [5, 5.41) is 14.6. The quantitative estimate of drug-likeness (QED) is 0.237. The van der Waals surface area contributed by atoms with E-state index in [0.29, 0.717) is 32.3 Å². The van der Waals surface area contributed by atoms with Gasteiger partial charge in [0.05, 0.1) is 22.6 Å². The van der Waals surface area contributed by atoms with Gasteiger partial charge in [-0.1, -0.05) is 23.7 Å². The SMILES string of the molecule is COc1cc(/C=C2\SC(=Nc3ccc(C)c(Cl)c3)NC2=O)ccc1OCc1ccc([N+](=O)[O-])cc1. The zero-order chi connectivity index (χ0) is 24.9. The van der Waals surface area contributed by atoms with E-state index >= 15 is 0 Å². The standard InChI is InChI=1S/C25H20ClN3O5S/c1-15-3-7-18(13-20(15)26)27-25-28-24(30)23(35-25)12-17-6-10-21(22(11-17)33-2)34-14-16-4-8-19(9-5-16)29(31)32/h3-13H,14H2,1-2H3,(H,27,28,30)/b23-12-. The maximum absolute atomic E-state index is 12.4. The molecule has 1 N–H and O–H groups in total. The average molecular weight is 510 g/mol. The van der Waals surface area contributed by atoms with E-state index < -0.39 is 4.92 Å². The topological polar surface area (TPSA) is 103 Å². The van der Waals surface area contributed by atoms with Gasteiger partial charge in [-0.2, -0.15) is 0 Å². The summed E-state index contributed by atoms with van der Waals surface area (Å²) in [6.45, 7) is 2.13. The van der Waals surface area contributed by atoms with Crippen molar-refractivity contribution in [3.63, 3.8) is 0 Å². The van der Waals surface area contributed by atoms with Gasteiger partial charge in [0, 0.05) is 17.2 Å².